The molecule has 0 aromatic heterocycles. The first-order chi connectivity index (χ1) is 6.72. The average molecular weight is 194 g/mol. The van der Waals surface area contributed by atoms with Gasteiger partial charge in [0.05, 0.1) is 12.1 Å². The van der Waals surface area contributed by atoms with Crippen LogP contribution in [0.2, 0.25) is 0 Å². The second-order valence-electron chi connectivity index (χ2n) is 4.74. The third-order valence-electron chi connectivity index (χ3n) is 2.98. The predicted molar refractivity (Wildman–Crippen MR) is 58.9 cm³/mol. The molecule has 1 saturated carbocycles. The highest BCUT2D eigenvalue weighted by Gasteiger charge is 2.18. The second-order valence-corrected chi connectivity index (χ2v) is 4.74. The molecule has 14 heavy (non-hydrogen) atoms. The summed E-state index contributed by atoms with van der Waals surface area (Å²) < 4.78 is 0. The summed E-state index contributed by atoms with van der Waals surface area (Å²) in [6, 6.07) is 2.86. The first-order valence-corrected chi connectivity index (χ1v) is 5.88. The highest BCUT2D eigenvalue weighted by atomic mass is 14.9. The third kappa shape index (κ3) is 4.11. The molecule has 2 heteroatoms. The molecule has 0 saturated heterocycles. The van der Waals surface area contributed by atoms with E-state index in [1.165, 1.54) is 32.1 Å². The van der Waals surface area contributed by atoms with Crippen molar-refractivity contribution in [1.29, 1.82) is 5.26 Å². The summed E-state index contributed by atoms with van der Waals surface area (Å²) in [5, 5.41) is 12.3. The van der Waals surface area contributed by atoms with Crippen LogP contribution in [0.4, 0.5) is 0 Å². The third-order valence-corrected chi connectivity index (χ3v) is 2.98. The number of nitrogens with one attached hydrogen (secondary N) is 1. The fourth-order valence-corrected chi connectivity index (χ4v) is 2.32. The zero-order chi connectivity index (χ0) is 10.4. The molecular weight excluding hydrogens is 172 g/mol. The Hall–Kier alpha value is -0.550. The van der Waals surface area contributed by atoms with Crippen LogP contribution in [0.3, 0.4) is 0 Å². The SMILES string of the molecule is CC(C)NC(C#N)CC1CCCCC1. The molecule has 1 aliphatic rings. The zero-order valence-corrected chi connectivity index (χ0v) is 9.42. The van der Waals surface area contributed by atoms with E-state index >= 15 is 0 Å². The van der Waals surface area contributed by atoms with E-state index < -0.39 is 0 Å². The minimum Gasteiger partial charge on any atom is -0.300 e. The van der Waals surface area contributed by atoms with Crippen molar-refractivity contribution in [2.24, 2.45) is 5.92 Å². The van der Waals surface area contributed by atoms with Gasteiger partial charge in [0.1, 0.15) is 0 Å². The Morgan fingerprint density at radius 2 is 1.93 bits per heavy atom. The number of nitriles is 1. The molecule has 1 aliphatic carbocycles. The van der Waals surface area contributed by atoms with Crippen LogP contribution in [0.15, 0.2) is 0 Å². The minimum atomic E-state index is 0.0677. The lowest BCUT2D eigenvalue weighted by atomic mass is 9.85. The molecule has 0 aliphatic heterocycles. The Morgan fingerprint density at radius 3 is 2.43 bits per heavy atom. The fourth-order valence-electron chi connectivity index (χ4n) is 2.32. The van der Waals surface area contributed by atoms with Crippen LogP contribution in [0.25, 0.3) is 0 Å². The largest absolute Gasteiger partial charge is 0.300 e. The first-order valence-electron chi connectivity index (χ1n) is 5.88. The van der Waals surface area contributed by atoms with Crippen molar-refractivity contribution in [1.82, 2.24) is 5.32 Å². The normalized spacial score (nSPS) is 20.7. The van der Waals surface area contributed by atoms with Gasteiger partial charge in [0.2, 0.25) is 0 Å². The Balaban J connectivity index is 2.28. The van der Waals surface area contributed by atoms with E-state index in [1.807, 2.05) is 0 Å². The summed E-state index contributed by atoms with van der Waals surface area (Å²) in [6.07, 6.45) is 7.84. The molecule has 1 rings (SSSR count). The van der Waals surface area contributed by atoms with Crippen LogP contribution in [0, 0.1) is 17.2 Å². The fraction of sp³-hybridized carbons (Fsp3) is 0.917. The maximum Gasteiger partial charge on any atom is 0.0957 e. The topological polar surface area (TPSA) is 35.8 Å². The number of rotatable bonds is 4. The number of hydrogen-bond donors (Lipinski definition) is 1. The van der Waals surface area contributed by atoms with Gasteiger partial charge in [-0.05, 0) is 26.2 Å². The molecule has 0 aromatic rings. The Kier molecular flexibility index (Phi) is 4.97. The average Bonchev–Trinajstić information content (AvgIpc) is 2.17. The Labute approximate surface area is 87.7 Å². The molecule has 0 spiro atoms. The molecular formula is C12H22N2. The van der Waals surface area contributed by atoms with Crippen LogP contribution in [0.1, 0.15) is 52.4 Å². The van der Waals surface area contributed by atoms with Crippen LogP contribution in [0.5, 0.6) is 0 Å². The molecule has 0 amide bonds. The monoisotopic (exact) mass is 194 g/mol. The second kappa shape index (κ2) is 6.03. The van der Waals surface area contributed by atoms with E-state index in [0.29, 0.717) is 6.04 Å². The van der Waals surface area contributed by atoms with Gasteiger partial charge >= 0.3 is 0 Å². The van der Waals surface area contributed by atoms with Crippen molar-refractivity contribution >= 4 is 0 Å². The van der Waals surface area contributed by atoms with Gasteiger partial charge in [0.25, 0.3) is 0 Å². The number of nitrogens with zero attached hydrogens (tertiary/aromatic N) is 1. The Morgan fingerprint density at radius 1 is 1.29 bits per heavy atom. The van der Waals surface area contributed by atoms with Gasteiger partial charge < -0.3 is 0 Å². The lowest BCUT2D eigenvalue weighted by Gasteiger charge is -2.24. The van der Waals surface area contributed by atoms with Gasteiger partial charge in [-0.25, -0.2) is 0 Å². The van der Waals surface area contributed by atoms with Crippen LogP contribution in [-0.2, 0) is 0 Å². The van der Waals surface area contributed by atoms with Crippen molar-refractivity contribution in [3.63, 3.8) is 0 Å². The van der Waals surface area contributed by atoms with Gasteiger partial charge in [0, 0.05) is 6.04 Å². The summed E-state index contributed by atoms with van der Waals surface area (Å²) in [5.41, 5.74) is 0. The van der Waals surface area contributed by atoms with Gasteiger partial charge in [-0.1, -0.05) is 32.1 Å². The molecule has 0 heterocycles. The van der Waals surface area contributed by atoms with E-state index in [0.717, 1.165) is 12.3 Å². The van der Waals surface area contributed by atoms with Crippen molar-refractivity contribution in [3.8, 4) is 6.07 Å². The van der Waals surface area contributed by atoms with E-state index in [-0.39, 0.29) is 6.04 Å². The first kappa shape index (κ1) is 11.5. The standard InChI is InChI=1S/C12H22N2/c1-10(2)14-12(9-13)8-11-6-4-3-5-7-11/h10-12,14H,3-8H2,1-2H3. The van der Waals surface area contributed by atoms with Crippen molar-refractivity contribution in [2.75, 3.05) is 0 Å². The quantitative estimate of drug-likeness (QED) is 0.747. The number of hydrogen-bond acceptors (Lipinski definition) is 2. The summed E-state index contributed by atoms with van der Waals surface area (Å²) >= 11 is 0. The van der Waals surface area contributed by atoms with Crippen LogP contribution < -0.4 is 5.32 Å². The van der Waals surface area contributed by atoms with Gasteiger partial charge in [-0.3, -0.25) is 5.32 Å². The zero-order valence-electron chi connectivity index (χ0n) is 9.42. The van der Waals surface area contributed by atoms with Crippen molar-refractivity contribution in [2.45, 2.75) is 64.5 Å². The van der Waals surface area contributed by atoms with E-state index in [9.17, 15) is 0 Å². The van der Waals surface area contributed by atoms with Crippen LogP contribution >= 0.6 is 0 Å². The highest BCUT2D eigenvalue weighted by molar-refractivity contribution is 4.92. The molecule has 0 bridgehead atoms. The highest BCUT2D eigenvalue weighted by Crippen LogP contribution is 2.27. The molecule has 1 fully saturated rings. The molecule has 2 nitrogen and oxygen atoms in total. The molecule has 0 aromatic carbocycles. The van der Waals surface area contributed by atoms with Crippen molar-refractivity contribution in [3.05, 3.63) is 0 Å². The summed E-state index contributed by atoms with van der Waals surface area (Å²) in [5.74, 6) is 0.791. The summed E-state index contributed by atoms with van der Waals surface area (Å²) in [7, 11) is 0. The van der Waals surface area contributed by atoms with E-state index in [2.05, 4.69) is 25.2 Å². The summed E-state index contributed by atoms with van der Waals surface area (Å²) in [4.78, 5) is 0. The van der Waals surface area contributed by atoms with E-state index in [4.69, 9.17) is 5.26 Å². The van der Waals surface area contributed by atoms with Gasteiger partial charge in [0.15, 0.2) is 0 Å². The predicted octanol–water partition coefficient (Wildman–Crippen LogP) is 2.85. The Bertz CT molecular complexity index is 187. The molecule has 1 N–H and O–H groups in total. The lowest BCUT2D eigenvalue weighted by molar-refractivity contribution is 0.312. The van der Waals surface area contributed by atoms with Crippen LogP contribution in [-0.4, -0.2) is 12.1 Å². The van der Waals surface area contributed by atoms with Crippen molar-refractivity contribution < 1.29 is 0 Å². The smallest absolute Gasteiger partial charge is 0.0957 e. The van der Waals surface area contributed by atoms with E-state index in [1.54, 1.807) is 0 Å². The lowest BCUT2D eigenvalue weighted by Crippen LogP contribution is -2.35. The summed E-state index contributed by atoms with van der Waals surface area (Å²) in [6.45, 7) is 4.20. The minimum absolute atomic E-state index is 0.0677. The van der Waals surface area contributed by atoms with Gasteiger partial charge in [-0.2, -0.15) is 5.26 Å². The maximum absolute atomic E-state index is 8.99. The van der Waals surface area contributed by atoms with Gasteiger partial charge in [-0.15, -0.1) is 0 Å². The maximum atomic E-state index is 8.99. The molecule has 1 unspecified atom stereocenters. The molecule has 0 radical (unpaired) electrons. The molecule has 1 atom stereocenters. The molecule has 80 valence electrons.